The van der Waals surface area contributed by atoms with Crippen LogP contribution in [0, 0.1) is 0 Å². The molecule has 0 heterocycles. The lowest BCUT2D eigenvalue weighted by atomic mass is 10.0. The molecule has 0 aromatic carbocycles. The van der Waals surface area contributed by atoms with Crippen LogP contribution in [0.4, 0.5) is 0 Å². The van der Waals surface area contributed by atoms with Gasteiger partial charge in [0.2, 0.25) is 0 Å². The molecule has 0 spiro atoms. The van der Waals surface area contributed by atoms with Crippen LogP contribution in [0.5, 0.6) is 0 Å². The first-order valence-corrected chi connectivity index (χ1v) is 2.78. The van der Waals surface area contributed by atoms with E-state index in [2.05, 4.69) is 0 Å². The Morgan fingerprint density at radius 1 is 1.33 bits per heavy atom. The SMILES string of the molecule is O=C=C1C=CC(=O)CC1. The Bertz CT molecular complexity index is 207. The Morgan fingerprint density at radius 3 is 2.56 bits per heavy atom. The highest BCUT2D eigenvalue weighted by Crippen LogP contribution is 2.09. The summed E-state index contributed by atoms with van der Waals surface area (Å²) < 4.78 is 0. The molecule has 1 rings (SSSR count). The molecule has 1 aliphatic carbocycles. The van der Waals surface area contributed by atoms with E-state index in [0.29, 0.717) is 18.4 Å². The van der Waals surface area contributed by atoms with Crippen molar-refractivity contribution in [3.63, 3.8) is 0 Å². The summed E-state index contributed by atoms with van der Waals surface area (Å²) in [6, 6.07) is 0. The Labute approximate surface area is 52.9 Å². The summed E-state index contributed by atoms with van der Waals surface area (Å²) in [6.07, 6.45) is 3.96. The number of carbonyl (C=O) groups excluding carboxylic acids is 2. The maximum atomic E-state index is 10.5. The molecule has 46 valence electrons. The largest absolute Gasteiger partial charge is 0.295 e. The fraction of sp³-hybridized carbons (Fsp3) is 0.286. The first kappa shape index (κ1) is 5.99. The molecular weight excluding hydrogens is 116 g/mol. The lowest BCUT2D eigenvalue weighted by molar-refractivity contribution is -0.114. The van der Waals surface area contributed by atoms with Gasteiger partial charge in [-0.15, -0.1) is 0 Å². The molecule has 0 unspecified atom stereocenters. The normalized spacial score (nSPS) is 17.8. The van der Waals surface area contributed by atoms with Crippen LogP contribution in [0.3, 0.4) is 0 Å². The summed E-state index contributed by atoms with van der Waals surface area (Å²) in [4.78, 5) is 20.4. The fourth-order valence-electron chi connectivity index (χ4n) is 0.703. The first-order valence-electron chi connectivity index (χ1n) is 2.78. The van der Waals surface area contributed by atoms with Crippen LogP contribution in [0.2, 0.25) is 0 Å². The highest BCUT2D eigenvalue weighted by Gasteiger charge is 2.05. The number of allylic oxidation sites excluding steroid dienone is 3. The standard InChI is InChI=1S/C7H6O2/c8-5-6-1-3-7(9)4-2-6/h1,3H,2,4H2. The molecule has 0 N–H and O–H groups in total. The van der Waals surface area contributed by atoms with E-state index in [1.54, 1.807) is 5.94 Å². The van der Waals surface area contributed by atoms with Crippen LogP contribution in [-0.2, 0) is 9.59 Å². The molecular formula is C7H6O2. The summed E-state index contributed by atoms with van der Waals surface area (Å²) in [5.41, 5.74) is 0.592. The third-order valence-electron chi connectivity index (χ3n) is 1.24. The lowest BCUT2D eigenvalue weighted by Gasteiger charge is -1.99. The first-order chi connectivity index (χ1) is 4.33. The lowest BCUT2D eigenvalue weighted by Crippen LogP contribution is -1.99. The summed E-state index contributed by atoms with van der Waals surface area (Å²) in [5, 5.41) is 0. The molecule has 9 heavy (non-hydrogen) atoms. The van der Waals surface area contributed by atoms with Crippen molar-refractivity contribution in [2.24, 2.45) is 0 Å². The smallest absolute Gasteiger partial charge is 0.156 e. The Hall–Kier alpha value is -1.14. The second-order valence-electron chi connectivity index (χ2n) is 1.93. The van der Waals surface area contributed by atoms with Crippen LogP contribution in [0.25, 0.3) is 0 Å². The van der Waals surface area contributed by atoms with Gasteiger partial charge < -0.3 is 0 Å². The Balaban J connectivity index is 2.81. The van der Waals surface area contributed by atoms with E-state index in [0.717, 1.165) is 0 Å². The number of hydrogen-bond acceptors (Lipinski definition) is 2. The van der Waals surface area contributed by atoms with Gasteiger partial charge in [-0.3, -0.25) is 4.79 Å². The van der Waals surface area contributed by atoms with Crippen molar-refractivity contribution in [1.82, 2.24) is 0 Å². The van der Waals surface area contributed by atoms with Gasteiger partial charge in [0.25, 0.3) is 0 Å². The highest BCUT2D eigenvalue weighted by atomic mass is 16.1. The quantitative estimate of drug-likeness (QED) is 0.442. The second-order valence-corrected chi connectivity index (χ2v) is 1.93. The molecule has 2 nitrogen and oxygen atoms in total. The van der Waals surface area contributed by atoms with E-state index in [4.69, 9.17) is 0 Å². The van der Waals surface area contributed by atoms with E-state index in [1.807, 2.05) is 0 Å². The zero-order chi connectivity index (χ0) is 6.69. The molecule has 0 atom stereocenters. The van der Waals surface area contributed by atoms with Crippen molar-refractivity contribution in [2.75, 3.05) is 0 Å². The van der Waals surface area contributed by atoms with Crippen molar-refractivity contribution in [1.29, 1.82) is 0 Å². The Kier molecular flexibility index (Phi) is 1.61. The topological polar surface area (TPSA) is 34.1 Å². The number of hydrogen-bond donors (Lipinski definition) is 0. The highest BCUT2D eigenvalue weighted by molar-refractivity contribution is 5.92. The van der Waals surface area contributed by atoms with Crippen molar-refractivity contribution >= 4 is 11.7 Å². The van der Waals surface area contributed by atoms with E-state index in [9.17, 15) is 9.59 Å². The van der Waals surface area contributed by atoms with Gasteiger partial charge in [-0.1, -0.05) is 0 Å². The van der Waals surface area contributed by atoms with E-state index < -0.39 is 0 Å². The van der Waals surface area contributed by atoms with Gasteiger partial charge in [-0.25, -0.2) is 4.79 Å². The van der Waals surface area contributed by atoms with Gasteiger partial charge in [-0.05, 0) is 18.6 Å². The molecule has 0 saturated carbocycles. The van der Waals surface area contributed by atoms with Gasteiger partial charge in [0.05, 0.1) is 0 Å². The van der Waals surface area contributed by atoms with E-state index in [1.165, 1.54) is 12.2 Å². The molecule has 0 aliphatic heterocycles. The summed E-state index contributed by atoms with van der Waals surface area (Å²) in [6.45, 7) is 0. The van der Waals surface area contributed by atoms with Gasteiger partial charge in [-0.2, -0.15) is 0 Å². The van der Waals surface area contributed by atoms with Crippen LogP contribution in [-0.4, -0.2) is 11.7 Å². The van der Waals surface area contributed by atoms with Crippen LogP contribution in [0.15, 0.2) is 17.7 Å². The van der Waals surface area contributed by atoms with Crippen molar-refractivity contribution < 1.29 is 9.59 Å². The average molecular weight is 122 g/mol. The number of rotatable bonds is 0. The average Bonchev–Trinajstić information content (AvgIpc) is 1.90. The molecule has 0 bridgehead atoms. The monoisotopic (exact) mass is 122 g/mol. The van der Waals surface area contributed by atoms with E-state index >= 15 is 0 Å². The fourth-order valence-corrected chi connectivity index (χ4v) is 0.703. The minimum atomic E-state index is 0.0917. The molecule has 2 heteroatoms. The van der Waals surface area contributed by atoms with Crippen LogP contribution < -0.4 is 0 Å². The third kappa shape index (κ3) is 1.37. The maximum absolute atomic E-state index is 10.5. The van der Waals surface area contributed by atoms with Crippen LogP contribution >= 0.6 is 0 Å². The van der Waals surface area contributed by atoms with E-state index in [-0.39, 0.29) is 5.78 Å². The van der Waals surface area contributed by atoms with Gasteiger partial charge in [0.1, 0.15) is 5.94 Å². The zero-order valence-corrected chi connectivity index (χ0v) is 4.89. The molecule has 1 aliphatic rings. The van der Waals surface area contributed by atoms with Gasteiger partial charge in [0, 0.05) is 12.0 Å². The van der Waals surface area contributed by atoms with Crippen LogP contribution in [0.1, 0.15) is 12.8 Å². The summed E-state index contributed by atoms with van der Waals surface area (Å²) in [7, 11) is 0. The predicted octanol–water partition coefficient (Wildman–Crippen LogP) is 0.663. The van der Waals surface area contributed by atoms with Gasteiger partial charge in [0.15, 0.2) is 5.78 Å². The summed E-state index contributed by atoms with van der Waals surface area (Å²) >= 11 is 0. The van der Waals surface area contributed by atoms with Crippen molar-refractivity contribution in [3.8, 4) is 0 Å². The third-order valence-corrected chi connectivity index (χ3v) is 1.24. The molecule has 0 aromatic rings. The van der Waals surface area contributed by atoms with Crippen molar-refractivity contribution in [2.45, 2.75) is 12.8 Å². The second kappa shape index (κ2) is 2.42. The number of ketones is 1. The number of carbonyl (C=O) groups is 1. The molecule has 0 amide bonds. The molecule has 0 aromatic heterocycles. The minimum absolute atomic E-state index is 0.0917. The van der Waals surface area contributed by atoms with Crippen molar-refractivity contribution in [3.05, 3.63) is 17.7 Å². The predicted molar refractivity (Wildman–Crippen MR) is 32.6 cm³/mol. The minimum Gasteiger partial charge on any atom is -0.295 e. The molecule has 0 fully saturated rings. The van der Waals surface area contributed by atoms with Gasteiger partial charge >= 0.3 is 0 Å². The Morgan fingerprint density at radius 2 is 2.11 bits per heavy atom. The molecule has 0 radical (unpaired) electrons. The molecule has 0 saturated heterocycles. The maximum Gasteiger partial charge on any atom is 0.156 e. The zero-order valence-electron chi connectivity index (χ0n) is 4.89. The summed E-state index contributed by atoms with van der Waals surface area (Å²) in [5.74, 6) is 1.84.